The number of amides is 1. The van der Waals surface area contributed by atoms with Gasteiger partial charge in [0.15, 0.2) is 6.10 Å². The Morgan fingerprint density at radius 3 is 2.30 bits per heavy atom. The van der Waals surface area contributed by atoms with E-state index in [4.69, 9.17) is 16.3 Å². The lowest BCUT2D eigenvalue weighted by Crippen LogP contribution is -2.37. The molecule has 6 nitrogen and oxygen atoms in total. The zero-order chi connectivity index (χ0) is 20.0. The van der Waals surface area contributed by atoms with Crippen molar-refractivity contribution < 1.29 is 17.9 Å². The highest BCUT2D eigenvalue weighted by atomic mass is 35.5. The monoisotopic (exact) mass is 410 g/mol. The van der Waals surface area contributed by atoms with Gasteiger partial charge in [0.25, 0.3) is 5.91 Å². The number of nitrogens with zero attached hydrogens (tertiary/aromatic N) is 1. The first-order valence-electron chi connectivity index (χ1n) is 8.39. The van der Waals surface area contributed by atoms with Crippen LogP contribution in [0.1, 0.15) is 12.5 Å². The molecule has 2 aromatic carbocycles. The first-order chi connectivity index (χ1) is 12.7. The molecule has 1 unspecified atom stereocenters. The molecule has 0 bridgehead atoms. The number of halogens is 1. The van der Waals surface area contributed by atoms with Crippen LogP contribution in [0.5, 0.6) is 5.75 Å². The first-order valence-corrected chi connectivity index (χ1v) is 10.6. The molecule has 0 spiro atoms. The number of benzene rings is 2. The van der Waals surface area contributed by atoms with E-state index >= 15 is 0 Å². The van der Waals surface area contributed by atoms with E-state index in [0.717, 1.165) is 11.8 Å². The predicted molar refractivity (Wildman–Crippen MR) is 108 cm³/mol. The van der Waals surface area contributed by atoms with Crippen molar-refractivity contribution in [2.45, 2.75) is 19.4 Å². The molecule has 0 heterocycles. The number of sulfonamides is 1. The molecule has 0 aliphatic rings. The molecule has 0 fully saturated rings. The van der Waals surface area contributed by atoms with E-state index in [1.54, 1.807) is 31.2 Å². The van der Waals surface area contributed by atoms with Crippen molar-refractivity contribution in [3.8, 4) is 5.75 Å². The Bertz CT molecular complexity index is 868. The van der Waals surface area contributed by atoms with Gasteiger partial charge in [-0.25, -0.2) is 8.42 Å². The summed E-state index contributed by atoms with van der Waals surface area (Å²) in [5.41, 5.74) is 1.60. The Morgan fingerprint density at radius 2 is 1.74 bits per heavy atom. The molecule has 146 valence electrons. The molecule has 0 aromatic heterocycles. The molecule has 8 heteroatoms. The third-order valence-corrected chi connectivity index (χ3v) is 5.46. The fourth-order valence-electron chi connectivity index (χ4n) is 2.31. The van der Waals surface area contributed by atoms with Gasteiger partial charge in [-0.2, -0.15) is 0 Å². The molecule has 0 radical (unpaired) electrons. The summed E-state index contributed by atoms with van der Waals surface area (Å²) in [5.74, 6) is 0.266. The lowest BCUT2D eigenvalue weighted by Gasteiger charge is -2.18. The van der Waals surface area contributed by atoms with Crippen molar-refractivity contribution in [3.05, 3.63) is 59.1 Å². The Hall–Kier alpha value is -2.25. The van der Waals surface area contributed by atoms with Crippen LogP contribution < -0.4 is 14.4 Å². The zero-order valence-electron chi connectivity index (χ0n) is 15.5. The number of hydrogen-bond donors (Lipinski definition) is 1. The average molecular weight is 411 g/mol. The van der Waals surface area contributed by atoms with Gasteiger partial charge in [0.1, 0.15) is 5.75 Å². The van der Waals surface area contributed by atoms with Gasteiger partial charge in [-0.1, -0.05) is 23.7 Å². The molecule has 27 heavy (non-hydrogen) atoms. The van der Waals surface area contributed by atoms with Gasteiger partial charge in [0.2, 0.25) is 10.0 Å². The van der Waals surface area contributed by atoms with Crippen LogP contribution in [0.4, 0.5) is 5.69 Å². The molecule has 1 atom stereocenters. The van der Waals surface area contributed by atoms with Crippen LogP contribution in [-0.4, -0.2) is 40.3 Å². The van der Waals surface area contributed by atoms with Crippen molar-refractivity contribution >= 4 is 33.2 Å². The summed E-state index contributed by atoms with van der Waals surface area (Å²) in [6, 6.07) is 14.0. The van der Waals surface area contributed by atoms with E-state index in [-0.39, 0.29) is 5.91 Å². The fourth-order valence-corrected chi connectivity index (χ4v) is 2.94. The average Bonchev–Trinajstić information content (AvgIpc) is 2.62. The fraction of sp³-hybridized carbons (Fsp3) is 0.316. The van der Waals surface area contributed by atoms with Gasteiger partial charge < -0.3 is 10.1 Å². The minimum Gasteiger partial charge on any atom is -0.481 e. The van der Waals surface area contributed by atoms with Crippen LogP contribution in [0.3, 0.4) is 0 Å². The van der Waals surface area contributed by atoms with Crippen LogP contribution in [0.2, 0.25) is 5.02 Å². The van der Waals surface area contributed by atoms with E-state index in [0.29, 0.717) is 29.4 Å². The Labute approximate surface area is 165 Å². The first kappa shape index (κ1) is 21.1. The number of ether oxygens (including phenoxy) is 1. The minimum absolute atomic E-state index is 0.221. The summed E-state index contributed by atoms with van der Waals surface area (Å²) >= 11 is 5.85. The molecule has 1 amide bonds. The summed E-state index contributed by atoms with van der Waals surface area (Å²) in [4.78, 5) is 12.2. The summed E-state index contributed by atoms with van der Waals surface area (Å²) in [7, 11) is -1.85. The Morgan fingerprint density at radius 1 is 1.15 bits per heavy atom. The number of anilines is 1. The topological polar surface area (TPSA) is 75.7 Å². The Balaban J connectivity index is 1.84. The van der Waals surface area contributed by atoms with Crippen LogP contribution in [0.25, 0.3) is 0 Å². The smallest absolute Gasteiger partial charge is 0.260 e. The molecule has 2 rings (SSSR count). The van der Waals surface area contributed by atoms with Crippen molar-refractivity contribution in [2.24, 2.45) is 0 Å². The molecule has 0 aliphatic heterocycles. The lowest BCUT2D eigenvalue weighted by molar-refractivity contribution is -0.127. The highest BCUT2D eigenvalue weighted by Gasteiger charge is 2.15. The normalized spacial score (nSPS) is 12.3. The number of carbonyl (C=O) groups is 1. The van der Waals surface area contributed by atoms with Crippen molar-refractivity contribution in [1.29, 1.82) is 0 Å². The van der Waals surface area contributed by atoms with Crippen molar-refractivity contribution in [2.75, 3.05) is 24.2 Å². The van der Waals surface area contributed by atoms with Crippen molar-refractivity contribution in [3.63, 3.8) is 0 Å². The maximum Gasteiger partial charge on any atom is 0.260 e. The van der Waals surface area contributed by atoms with Gasteiger partial charge in [0.05, 0.1) is 11.9 Å². The number of hydrogen-bond acceptors (Lipinski definition) is 4. The molecule has 0 saturated heterocycles. The molecule has 2 aromatic rings. The molecular formula is C19H23ClN2O4S. The second kappa shape index (κ2) is 9.10. The number of rotatable bonds is 8. The Kier molecular flexibility index (Phi) is 7.10. The third kappa shape index (κ3) is 6.45. The van der Waals surface area contributed by atoms with Gasteiger partial charge >= 0.3 is 0 Å². The maximum atomic E-state index is 12.2. The quantitative estimate of drug-likeness (QED) is 0.726. The van der Waals surface area contributed by atoms with Crippen LogP contribution >= 0.6 is 11.6 Å². The molecule has 0 aliphatic carbocycles. The second-order valence-electron chi connectivity index (χ2n) is 6.15. The number of carbonyl (C=O) groups excluding carboxylic acids is 1. The van der Waals surface area contributed by atoms with Crippen LogP contribution in [-0.2, 0) is 21.2 Å². The highest BCUT2D eigenvalue weighted by molar-refractivity contribution is 7.92. The summed E-state index contributed by atoms with van der Waals surface area (Å²) in [5, 5.41) is 3.51. The third-order valence-electron chi connectivity index (χ3n) is 4.01. The molecule has 1 N–H and O–H groups in total. The maximum absolute atomic E-state index is 12.2. The van der Waals surface area contributed by atoms with E-state index < -0.39 is 16.1 Å². The van der Waals surface area contributed by atoms with Gasteiger partial charge in [-0.15, -0.1) is 0 Å². The van der Waals surface area contributed by atoms with E-state index in [1.165, 1.54) is 11.4 Å². The number of nitrogens with one attached hydrogen (secondary N) is 1. The van der Waals surface area contributed by atoms with Gasteiger partial charge in [-0.05, 0) is 55.3 Å². The van der Waals surface area contributed by atoms with E-state index in [9.17, 15) is 13.2 Å². The molecule has 0 saturated carbocycles. The molecular weight excluding hydrogens is 388 g/mol. The largest absolute Gasteiger partial charge is 0.481 e. The van der Waals surface area contributed by atoms with E-state index in [2.05, 4.69) is 5.32 Å². The van der Waals surface area contributed by atoms with E-state index in [1.807, 2.05) is 24.3 Å². The van der Waals surface area contributed by atoms with Crippen LogP contribution in [0, 0.1) is 0 Å². The zero-order valence-corrected chi connectivity index (χ0v) is 17.0. The van der Waals surface area contributed by atoms with Crippen LogP contribution in [0.15, 0.2) is 48.5 Å². The van der Waals surface area contributed by atoms with Crippen molar-refractivity contribution in [1.82, 2.24) is 5.32 Å². The highest BCUT2D eigenvalue weighted by Crippen LogP contribution is 2.21. The summed E-state index contributed by atoms with van der Waals surface area (Å²) in [6.45, 7) is 2.15. The predicted octanol–water partition coefficient (Wildman–Crippen LogP) is 2.86. The lowest BCUT2D eigenvalue weighted by atomic mass is 10.1. The minimum atomic E-state index is -3.32. The van der Waals surface area contributed by atoms with Gasteiger partial charge in [-0.3, -0.25) is 9.10 Å². The van der Waals surface area contributed by atoms with Gasteiger partial charge in [0, 0.05) is 18.6 Å². The summed E-state index contributed by atoms with van der Waals surface area (Å²) < 4.78 is 29.9. The second-order valence-corrected chi connectivity index (χ2v) is 8.60. The summed E-state index contributed by atoms with van der Waals surface area (Å²) in [6.07, 6.45) is 1.16. The standard InChI is InChI=1S/C19H23ClN2O4S/c1-14(19(23)21-13-12-15-4-6-16(20)7-5-15)26-18-10-8-17(9-11-18)22(2)27(3,24)25/h4-11,14H,12-13H2,1-3H3,(H,21,23). The SMILES string of the molecule is CC(Oc1ccc(N(C)S(C)(=O)=O)cc1)C(=O)NCCc1ccc(Cl)cc1.